The number of carboxylic acids is 1. The Labute approximate surface area is 133 Å². The number of benzene rings is 1. The Morgan fingerprint density at radius 2 is 2.14 bits per heavy atom. The maximum Gasteiger partial charge on any atom is 0.335 e. The lowest BCUT2D eigenvalue weighted by atomic mass is 10.2. The number of carbonyl (C=O) groups excluding carboxylic acids is 1. The van der Waals surface area contributed by atoms with E-state index >= 15 is 0 Å². The van der Waals surface area contributed by atoms with E-state index in [-0.39, 0.29) is 24.1 Å². The molecule has 0 aliphatic heterocycles. The van der Waals surface area contributed by atoms with E-state index in [0.717, 1.165) is 12.2 Å². The molecule has 5 nitrogen and oxygen atoms in total. The molecule has 1 atom stereocenters. The molecule has 0 fully saturated rings. The Hall–Kier alpha value is -1.24. The van der Waals surface area contributed by atoms with Crippen molar-refractivity contribution in [2.75, 3.05) is 23.9 Å². The highest BCUT2D eigenvalue weighted by molar-refractivity contribution is 7.98. The first-order chi connectivity index (χ1) is 9.97. The minimum Gasteiger partial charge on any atom is -0.478 e. The van der Waals surface area contributed by atoms with Crippen LogP contribution < -0.4 is 10.6 Å². The van der Waals surface area contributed by atoms with Gasteiger partial charge in [-0.1, -0.05) is 18.5 Å². The largest absolute Gasteiger partial charge is 0.478 e. The molecule has 7 heteroatoms. The lowest BCUT2D eigenvalue weighted by Crippen LogP contribution is -2.37. The number of nitrogens with one attached hydrogen (secondary N) is 2. The quantitative estimate of drug-likeness (QED) is 0.683. The van der Waals surface area contributed by atoms with Crippen LogP contribution in [-0.4, -0.2) is 41.6 Å². The van der Waals surface area contributed by atoms with Crippen LogP contribution in [0.3, 0.4) is 0 Å². The first-order valence-electron chi connectivity index (χ1n) is 6.53. The third-order valence-electron chi connectivity index (χ3n) is 2.90. The molecule has 0 spiro atoms. The zero-order valence-corrected chi connectivity index (χ0v) is 13.6. The Morgan fingerprint density at radius 3 is 2.71 bits per heavy atom. The van der Waals surface area contributed by atoms with E-state index < -0.39 is 5.97 Å². The van der Waals surface area contributed by atoms with Gasteiger partial charge in [-0.05, 0) is 30.9 Å². The van der Waals surface area contributed by atoms with Gasteiger partial charge in [-0.2, -0.15) is 11.8 Å². The van der Waals surface area contributed by atoms with Crippen LogP contribution in [0.2, 0.25) is 5.02 Å². The number of hydrogen-bond acceptors (Lipinski definition) is 4. The summed E-state index contributed by atoms with van der Waals surface area (Å²) in [4.78, 5) is 22.8. The summed E-state index contributed by atoms with van der Waals surface area (Å²) in [7, 11) is 0. The molecule has 0 radical (unpaired) electrons. The highest BCUT2D eigenvalue weighted by Gasteiger charge is 2.11. The second-order valence-corrected chi connectivity index (χ2v) is 5.81. The average molecular weight is 331 g/mol. The van der Waals surface area contributed by atoms with Crippen molar-refractivity contribution in [3.8, 4) is 0 Å². The standard InChI is InChI=1S/C14H19ClN2O3S/c1-3-10(8-21-2)16-7-13(18)17-12-6-9(14(19)20)4-5-11(12)15/h4-6,10,16H,3,7-8H2,1-2H3,(H,17,18)(H,19,20). The van der Waals surface area contributed by atoms with Crippen molar-refractivity contribution in [1.82, 2.24) is 5.32 Å². The summed E-state index contributed by atoms with van der Waals surface area (Å²) >= 11 is 7.67. The number of thioether (sulfide) groups is 1. The van der Waals surface area contributed by atoms with E-state index in [2.05, 4.69) is 17.6 Å². The molecule has 0 aromatic heterocycles. The Kier molecular flexibility index (Phi) is 7.56. The monoisotopic (exact) mass is 330 g/mol. The van der Waals surface area contributed by atoms with Gasteiger partial charge in [0.2, 0.25) is 5.91 Å². The summed E-state index contributed by atoms with van der Waals surface area (Å²) in [6.45, 7) is 2.21. The van der Waals surface area contributed by atoms with Crippen molar-refractivity contribution in [2.45, 2.75) is 19.4 Å². The first-order valence-corrected chi connectivity index (χ1v) is 8.30. The minimum absolute atomic E-state index is 0.0801. The molecule has 116 valence electrons. The number of aromatic carboxylic acids is 1. The van der Waals surface area contributed by atoms with Crippen LogP contribution in [-0.2, 0) is 4.79 Å². The van der Waals surface area contributed by atoms with E-state index in [0.29, 0.717) is 10.7 Å². The molecule has 0 aliphatic carbocycles. The Balaban J connectivity index is 2.62. The maximum atomic E-state index is 11.9. The predicted octanol–water partition coefficient (Wildman–Crippen LogP) is 2.71. The average Bonchev–Trinajstić information content (AvgIpc) is 2.45. The molecule has 3 N–H and O–H groups in total. The van der Waals surface area contributed by atoms with Crippen LogP contribution in [0.4, 0.5) is 5.69 Å². The fourth-order valence-electron chi connectivity index (χ4n) is 1.71. The third-order valence-corrected chi connectivity index (χ3v) is 3.96. The third kappa shape index (κ3) is 5.95. The molecule has 0 saturated carbocycles. The first kappa shape index (κ1) is 17.8. The molecule has 1 rings (SSSR count). The second kappa shape index (κ2) is 8.92. The van der Waals surface area contributed by atoms with E-state index in [1.54, 1.807) is 11.8 Å². The van der Waals surface area contributed by atoms with Gasteiger partial charge in [0, 0.05) is 11.8 Å². The molecule has 0 heterocycles. The zero-order valence-electron chi connectivity index (χ0n) is 12.0. The SMILES string of the molecule is CCC(CSC)NCC(=O)Nc1cc(C(=O)O)ccc1Cl. The zero-order chi connectivity index (χ0) is 15.8. The number of carbonyl (C=O) groups is 2. The van der Waals surface area contributed by atoms with Gasteiger partial charge >= 0.3 is 5.97 Å². The molecule has 0 saturated heterocycles. The number of carboxylic acid groups (broad SMARTS) is 1. The summed E-state index contributed by atoms with van der Waals surface area (Å²) in [5.74, 6) is -0.385. The van der Waals surface area contributed by atoms with Crippen LogP contribution >= 0.6 is 23.4 Å². The van der Waals surface area contributed by atoms with Crippen molar-refractivity contribution in [3.63, 3.8) is 0 Å². The van der Waals surface area contributed by atoms with Gasteiger partial charge in [-0.3, -0.25) is 4.79 Å². The van der Waals surface area contributed by atoms with Gasteiger partial charge in [0.15, 0.2) is 0 Å². The lowest BCUT2D eigenvalue weighted by molar-refractivity contribution is -0.115. The van der Waals surface area contributed by atoms with Gasteiger partial charge in [-0.25, -0.2) is 4.79 Å². The summed E-state index contributed by atoms with van der Waals surface area (Å²) in [6, 6.07) is 4.47. The number of amides is 1. The van der Waals surface area contributed by atoms with E-state index in [4.69, 9.17) is 16.7 Å². The fraction of sp³-hybridized carbons (Fsp3) is 0.429. The van der Waals surface area contributed by atoms with Gasteiger partial charge < -0.3 is 15.7 Å². The number of hydrogen-bond donors (Lipinski definition) is 3. The normalized spacial score (nSPS) is 12.0. The lowest BCUT2D eigenvalue weighted by Gasteiger charge is -2.15. The second-order valence-electron chi connectivity index (χ2n) is 4.49. The van der Waals surface area contributed by atoms with Crippen LogP contribution in [0, 0.1) is 0 Å². The minimum atomic E-state index is -1.06. The Morgan fingerprint density at radius 1 is 1.43 bits per heavy atom. The highest BCUT2D eigenvalue weighted by atomic mass is 35.5. The molecule has 1 aromatic rings. The molecule has 0 bridgehead atoms. The van der Waals surface area contributed by atoms with Gasteiger partial charge in [0.1, 0.15) is 0 Å². The van der Waals surface area contributed by atoms with E-state index in [9.17, 15) is 9.59 Å². The summed E-state index contributed by atoms with van der Waals surface area (Å²) in [5.41, 5.74) is 0.387. The Bertz CT molecular complexity index is 511. The van der Waals surface area contributed by atoms with Crippen molar-refractivity contribution in [2.24, 2.45) is 0 Å². The van der Waals surface area contributed by atoms with Crippen molar-refractivity contribution in [1.29, 1.82) is 0 Å². The molecule has 1 unspecified atom stereocenters. The highest BCUT2D eigenvalue weighted by Crippen LogP contribution is 2.23. The smallest absolute Gasteiger partial charge is 0.335 e. The summed E-state index contributed by atoms with van der Waals surface area (Å²) in [6.07, 6.45) is 2.95. The van der Waals surface area contributed by atoms with Crippen LogP contribution in [0.15, 0.2) is 18.2 Å². The van der Waals surface area contributed by atoms with Crippen molar-refractivity contribution < 1.29 is 14.7 Å². The molecule has 21 heavy (non-hydrogen) atoms. The summed E-state index contributed by atoms with van der Waals surface area (Å²) < 4.78 is 0. The maximum absolute atomic E-state index is 11.9. The molecule has 0 aliphatic rings. The summed E-state index contributed by atoms with van der Waals surface area (Å²) in [5, 5.41) is 15.0. The number of halogens is 1. The van der Waals surface area contributed by atoms with Crippen LogP contribution in [0.1, 0.15) is 23.7 Å². The van der Waals surface area contributed by atoms with Gasteiger partial charge in [0.25, 0.3) is 0 Å². The van der Waals surface area contributed by atoms with Crippen LogP contribution in [0.5, 0.6) is 0 Å². The van der Waals surface area contributed by atoms with Crippen molar-refractivity contribution >= 4 is 40.9 Å². The number of anilines is 1. The fourth-order valence-corrected chi connectivity index (χ4v) is 2.63. The van der Waals surface area contributed by atoms with Gasteiger partial charge in [0.05, 0.1) is 22.8 Å². The molecular weight excluding hydrogens is 312 g/mol. The topological polar surface area (TPSA) is 78.4 Å². The predicted molar refractivity (Wildman–Crippen MR) is 87.5 cm³/mol. The van der Waals surface area contributed by atoms with E-state index in [1.165, 1.54) is 18.2 Å². The van der Waals surface area contributed by atoms with Gasteiger partial charge in [-0.15, -0.1) is 0 Å². The molecular formula is C14H19ClN2O3S. The van der Waals surface area contributed by atoms with E-state index in [1.807, 2.05) is 6.26 Å². The van der Waals surface area contributed by atoms with Crippen LogP contribution in [0.25, 0.3) is 0 Å². The molecule has 1 amide bonds. The molecule has 1 aromatic carbocycles. The number of rotatable bonds is 8. The van der Waals surface area contributed by atoms with Crippen molar-refractivity contribution in [3.05, 3.63) is 28.8 Å².